The third-order valence-corrected chi connectivity index (χ3v) is 2.34. The molecule has 0 spiro atoms. The van der Waals surface area contributed by atoms with E-state index in [0.29, 0.717) is 0 Å². The summed E-state index contributed by atoms with van der Waals surface area (Å²) >= 11 is 5.76. The molecule has 0 aromatic heterocycles. The van der Waals surface area contributed by atoms with Crippen molar-refractivity contribution in [2.45, 2.75) is 19.4 Å². The Morgan fingerprint density at radius 1 is 1.65 bits per heavy atom. The van der Waals surface area contributed by atoms with E-state index in [2.05, 4.69) is 0 Å². The minimum absolute atomic E-state index is 0.0129. The number of halogens is 1. The summed E-state index contributed by atoms with van der Waals surface area (Å²) in [5.74, 6) is -0.992. The number of hydrogen-bond donors (Lipinski definition) is 1. The molecule has 0 heterocycles. The predicted octanol–water partition coefficient (Wildman–Crippen LogP) is 2.49. The number of carboxylic acids is 1. The zero-order valence-corrected chi connectivity index (χ0v) is 9.68. The molecule has 0 radical (unpaired) electrons. The molecule has 0 saturated carbocycles. The first kappa shape index (κ1) is 13.2. The zero-order valence-electron chi connectivity index (χ0n) is 8.92. The van der Waals surface area contributed by atoms with Crippen LogP contribution in [0.25, 0.3) is 0 Å². The van der Waals surface area contributed by atoms with Crippen molar-refractivity contribution in [3.05, 3.63) is 33.3 Å². The van der Waals surface area contributed by atoms with Crippen molar-refractivity contribution in [2.75, 3.05) is 0 Å². The van der Waals surface area contributed by atoms with Crippen LogP contribution in [0.1, 0.15) is 13.3 Å². The van der Waals surface area contributed by atoms with E-state index < -0.39 is 17.0 Å². The normalized spacial score (nSPS) is 11.9. The van der Waals surface area contributed by atoms with Crippen LogP contribution in [0.5, 0.6) is 5.75 Å². The van der Waals surface area contributed by atoms with E-state index >= 15 is 0 Å². The average molecular weight is 260 g/mol. The fraction of sp³-hybridized carbons (Fsp3) is 0.300. The summed E-state index contributed by atoms with van der Waals surface area (Å²) in [5, 5.41) is 19.3. The Morgan fingerprint density at radius 2 is 2.29 bits per heavy atom. The molecule has 0 fully saturated rings. The second-order valence-electron chi connectivity index (χ2n) is 3.22. The number of nitrogens with zero attached hydrogens (tertiary/aromatic N) is 1. The van der Waals surface area contributed by atoms with Gasteiger partial charge in [0.25, 0.3) is 5.69 Å². The highest BCUT2D eigenvalue weighted by Gasteiger charge is 2.19. The first-order valence-electron chi connectivity index (χ1n) is 4.79. The van der Waals surface area contributed by atoms with Gasteiger partial charge in [-0.25, -0.2) is 4.79 Å². The van der Waals surface area contributed by atoms with Gasteiger partial charge in [0.1, 0.15) is 5.75 Å². The van der Waals surface area contributed by atoms with Gasteiger partial charge in [0.15, 0.2) is 6.10 Å². The van der Waals surface area contributed by atoms with Crippen molar-refractivity contribution in [3.8, 4) is 5.75 Å². The van der Waals surface area contributed by atoms with Crippen molar-refractivity contribution in [3.63, 3.8) is 0 Å². The highest BCUT2D eigenvalue weighted by Crippen LogP contribution is 2.29. The molecule has 1 unspecified atom stereocenters. The van der Waals surface area contributed by atoms with Crippen molar-refractivity contribution in [1.29, 1.82) is 0 Å². The van der Waals surface area contributed by atoms with E-state index in [1.165, 1.54) is 12.1 Å². The van der Waals surface area contributed by atoms with Crippen molar-refractivity contribution in [1.82, 2.24) is 0 Å². The number of nitro groups is 1. The largest absolute Gasteiger partial charge is 0.479 e. The summed E-state index contributed by atoms with van der Waals surface area (Å²) in [5.41, 5.74) is -0.175. The Morgan fingerprint density at radius 3 is 2.71 bits per heavy atom. The summed E-state index contributed by atoms with van der Waals surface area (Å²) in [4.78, 5) is 20.6. The van der Waals surface area contributed by atoms with Crippen LogP contribution in [0.2, 0.25) is 5.02 Å². The SMILES string of the molecule is CCC(Oc1ccc([N+](=O)[O-])cc1Cl)C(=O)O. The third-order valence-electron chi connectivity index (χ3n) is 2.04. The van der Waals surface area contributed by atoms with Crippen molar-refractivity contribution in [2.24, 2.45) is 0 Å². The van der Waals surface area contributed by atoms with Gasteiger partial charge in [-0.2, -0.15) is 0 Å². The maximum absolute atomic E-state index is 10.7. The van der Waals surface area contributed by atoms with E-state index in [4.69, 9.17) is 21.4 Å². The molecule has 1 N–H and O–H groups in total. The highest BCUT2D eigenvalue weighted by atomic mass is 35.5. The molecular weight excluding hydrogens is 250 g/mol. The molecule has 0 aliphatic heterocycles. The average Bonchev–Trinajstić information content (AvgIpc) is 2.26. The van der Waals surface area contributed by atoms with Crippen LogP contribution in [0, 0.1) is 10.1 Å². The van der Waals surface area contributed by atoms with E-state index in [9.17, 15) is 14.9 Å². The lowest BCUT2D eigenvalue weighted by atomic mass is 10.2. The number of aliphatic carboxylic acids is 1. The number of ether oxygens (including phenoxy) is 1. The zero-order chi connectivity index (χ0) is 13.0. The Bertz CT molecular complexity index is 448. The lowest BCUT2D eigenvalue weighted by molar-refractivity contribution is -0.384. The van der Waals surface area contributed by atoms with Crippen molar-refractivity contribution < 1.29 is 19.6 Å². The van der Waals surface area contributed by atoms with Crippen molar-refractivity contribution >= 4 is 23.3 Å². The van der Waals surface area contributed by atoms with Gasteiger partial charge in [0.2, 0.25) is 0 Å². The van der Waals surface area contributed by atoms with E-state index in [1.54, 1.807) is 6.92 Å². The minimum atomic E-state index is -1.11. The van der Waals surface area contributed by atoms with Gasteiger partial charge in [-0.15, -0.1) is 0 Å². The molecule has 17 heavy (non-hydrogen) atoms. The number of carboxylic acid groups (broad SMARTS) is 1. The van der Waals surface area contributed by atoms with E-state index in [-0.39, 0.29) is 22.9 Å². The summed E-state index contributed by atoms with van der Waals surface area (Å²) in [6.45, 7) is 1.65. The van der Waals surface area contributed by atoms with Gasteiger partial charge in [0.05, 0.1) is 9.95 Å². The van der Waals surface area contributed by atoms with Gasteiger partial charge in [-0.1, -0.05) is 18.5 Å². The number of rotatable bonds is 5. The summed E-state index contributed by atoms with van der Waals surface area (Å²) in [7, 11) is 0. The van der Waals surface area contributed by atoms with Crippen LogP contribution in [0.15, 0.2) is 18.2 Å². The van der Waals surface area contributed by atoms with E-state index in [1.807, 2.05) is 0 Å². The molecule has 7 heteroatoms. The van der Waals surface area contributed by atoms with E-state index in [0.717, 1.165) is 6.07 Å². The fourth-order valence-corrected chi connectivity index (χ4v) is 1.38. The Balaban J connectivity index is 2.93. The van der Waals surface area contributed by atoms with Crippen LogP contribution in [-0.2, 0) is 4.79 Å². The monoisotopic (exact) mass is 259 g/mol. The van der Waals surface area contributed by atoms with Gasteiger partial charge in [-0.05, 0) is 12.5 Å². The van der Waals surface area contributed by atoms with Crippen LogP contribution in [-0.4, -0.2) is 22.1 Å². The minimum Gasteiger partial charge on any atom is -0.479 e. The quantitative estimate of drug-likeness (QED) is 0.648. The Hall–Kier alpha value is -1.82. The maximum Gasteiger partial charge on any atom is 0.344 e. The molecular formula is C10H10ClNO5. The number of hydrogen-bond acceptors (Lipinski definition) is 4. The second-order valence-corrected chi connectivity index (χ2v) is 3.63. The third kappa shape index (κ3) is 3.32. The summed E-state index contributed by atoms with van der Waals surface area (Å²) in [6, 6.07) is 3.60. The molecule has 1 atom stereocenters. The molecule has 0 aliphatic rings. The number of benzene rings is 1. The molecule has 0 aliphatic carbocycles. The molecule has 1 aromatic carbocycles. The highest BCUT2D eigenvalue weighted by molar-refractivity contribution is 6.32. The van der Waals surface area contributed by atoms with Crippen LogP contribution in [0.4, 0.5) is 5.69 Å². The molecule has 1 rings (SSSR count). The maximum atomic E-state index is 10.7. The first-order valence-corrected chi connectivity index (χ1v) is 5.17. The molecule has 92 valence electrons. The summed E-state index contributed by atoms with van der Waals surface area (Å²) < 4.78 is 5.14. The molecule has 6 nitrogen and oxygen atoms in total. The molecule has 0 bridgehead atoms. The Labute approximate surface area is 102 Å². The van der Waals surface area contributed by atoms with Gasteiger partial charge in [0, 0.05) is 12.1 Å². The topological polar surface area (TPSA) is 89.7 Å². The van der Waals surface area contributed by atoms with Crippen LogP contribution in [0.3, 0.4) is 0 Å². The molecule has 0 amide bonds. The predicted molar refractivity (Wildman–Crippen MR) is 60.4 cm³/mol. The van der Waals surface area contributed by atoms with Gasteiger partial charge in [-0.3, -0.25) is 10.1 Å². The smallest absolute Gasteiger partial charge is 0.344 e. The fourth-order valence-electron chi connectivity index (χ4n) is 1.16. The van der Waals surface area contributed by atoms with Crippen LogP contribution >= 0.6 is 11.6 Å². The van der Waals surface area contributed by atoms with Crippen LogP contribution < -0.4 is 4.74 Å². The summed E-state index contributed by atoms with van der Waals surface area (Å²) in [6.07, 6.45) is -0.753. The standard InChI is InChI=1S/C10H10ClNO5/c1-2-8(10(13)14)17-9-4-3-6(12(15)16)5-7(9)11/h3-5,8H,2H2,1H3,(H,13,14). The van der Waals surface area contributed by atoms with Gasteiger partial charge >= 0.3 is 5.97 Å². The lowest BCUT2D eigenvalue weighted by Gasteiger charge is -2.13. The second kappa shape index (κ2) is 5.49. The molecule has 1 aromatic rings. The first-order chi connectivity index (χ1) is 7.95. The Kier molecular flexibility index (Phi) is 4.28. The molecule has 0 saturated heterocycles. The lowest BCUT2D eigenvalue weighted by Crippen LogP contribution is -2.26. The number of carbonyl (C=O) groups is 1. The number of nitro benzene ring substituents is 1. The van der Waals surface area contributed by atoms with Gasteiger partial charge < -0.3 is 9.84 Å². The number of non-ortho nitro benzene ring substituents is 1.